The van der Waals surface area contributed by atoms with E-state index in [0.717, 1.165) is 55.9 Å². The Morgan fingerprint density at radius 1 is 0.838 bits per heavy atom. The first-order chi connectivity index (χ1) is 18.0. The average Bonchev–Trinajstić information content (AvgIpc) is 3.61. The first-order valence-corrected chi connectivity index (χ1v) is 13.7. The predicted octanol–water partition coefficient (Wildman–Crippen LogP) is 3.71. The van der Waals surface area contributed by atoms with Crippen LogP contribution in [0.15, 0.2) is 30.3 Å². The number of amides is 2. The molecule has 2 aromatic carbocycles. The molecule has 0 spiro atoms. The number of H-pyrrole nitrogens is 1. The number of rotatable bonds is 4. The summed E-state index contributed by atoms with van der Waals surface area (Å²) in [4.78, 5) is 30.9. The Kier molecular flexibility index (Phi) is 5.27. The van der Waals surface area contributed by atoms with Gasteiger partial charge < -0.3 is 14.5 Å². The van der Waals surface area contributed by atoms with Gasteiger partial charge in [0.1, 0.15) is 16.8 Å². The number of aromatic amines is 1. The number of benzene rings is 2. The Morgan fingerprint density at radius 2 is 1.46 bits per heavy atom. The summed E-state index contributed by atoms with van der Waals surface area (Å²) in [6.45, 7) is 7.20. The van der Waals surface area contributed by atoms with Crippen molar-refractivity contribution < 1.29 is 14.3 Å². The number of fused-ring (bicyclic) bond motifs is 6. The van der Waals surface area contributed by atoms with E-state index in [1.54, 1.807) is 0 Å². The molecule has 3 fully saturated rings. The summed E-state index contributed by atoms with van der Waals surface area (Å²) in [5.41, 5.74) is 5.48. The molecule has 3 aromatic rings. The Balaban J connectivity index is 1.04. The van der Waals surface area contributed by atoms with Crippen LogP contribution in [0.4, 0.5) is 0 Å². The fraction of sp³-hybridized carbons (Fsp3) is 0.517. The maximum absolute atomic E-state index is 13.6. The summed E-state index contributed by atoms with van der Waals surface area (Å²) in [7, 11) is 0. The molecule has 8 heteroatoms. The lowest BCUT2D eigenvalue weighted by atomic mass is 9.60. The fourth-order valence-corrected chi connectivity index (χ4v) is 7.35. The molecule has 1 saturated carbocycles. The highest BCUT2D eigenvalue weighted by atomic mass is 16.5. The van der Waals surface area contributed by atoms with Gasteiger partial charge >= 0.3 is 0 Å². The Labute approximate surface area is 216 Å². The number of aryl methyl sites for hydroxylation is 1. The molecule has 1 aromatic heterocycles. The van der Waals surface area contributed by atoms with Crippen molar-refractivity contribution in [3.63, 3.8) is 0 Å². The number of nitrogens with zero attached hydrogens (tertiary/aromatic N) is 4. The van der Waals surface area contributed by atoms with Crippen LogP contribution in [0.5, 0.6) is 5.75 Å². The minimum atomic E-state index is 0.0667. The largest absolute Gasteiger partial charge is 0.491 e. The first kappa shape index (κ1) is 22.8. The number of nitrogens with one attached hydrogen (secondary N) is 1. The van der Waals surface area contributed by atoms with Crippen LogP contribution in [-0.2, 0) is 12.8 Å². The van der Waals surface area contributed by atoms with E-state index in [-0.39, 0.29) is 17.9 Å². The minimum Gasteiger partial charge on any atom is -0.491 e. The van der Waals surface area contributed by atoms with Crippen molar-refractivity contribution in [1.82, 2.24) is 25.2 Å². The standard InChI is InChI=1S/C29H33N5O3/c1-16(2)37-27-11-19(9-17-5-3-4-6-20(17)27)29(36)34-14-23-21-12-33(13-22(21)24(23)15-34)28(35)18-7-8-25-26(10-18)31-32-30-25/h7-11,16,21-24H,3-6,12-15H2,1-2H3,(H,30,31,32)/t21-,22+,23+,24-. The second kappa shape index (κ2) is 8.57. The van der Waals surface area contributed by atoms with Crippen molar-refractivity contribution >= 4 is 22.8 Å². The number of carbonyl (C=O) groups excluding carboxylic acids is 2. The lowest BCUT2D eigenvalue weighted by molar-refractivity contribution is 0.0629. The average molecular weight is 500 g/mol. The predicted molar refractivity (Wildman–Crippen MR) is 139 cm³/mol. The number of hydrogen-bond acceptors (Lipinski definition) is 5. The summed E-state index contributed by atoms with van der Waals surface area (Å²) in [6.07, 6.45) is 4.49. The molecular formula is C29H33N5O3. The molecule has 2 amide bonds. The normalized spacial score (nSPS) is 26.1. The van der Waals surface area contributed by atoms with E-state index in [1.165, 1.54) is 24.0 Å². The second-order valence-corrected chi connectivity index (χ2v) is 11.6. The Hall–Kier alpha value is -3.42. The molecule has 1 N–H and O–H groups in total. The zero-order chi connectivity index (χ0) is 25.3. The summed E-state index contributed by atoms with van der Waals surface area (Å²) in [6, 6.07) is 9.60. The Bertz CT molecular complexity index is 1380. The van der Waals surface area contributed by atoms with E-state index >= 15 is 0 Å². The van der Waals surface area contributed by atoms with Crippen LogP contribution in [-0.4, -0.2) is 69.3 Å². The molecule has 0 unspecified atom stereocenters. The highest BCUT2D eigenvalue weighted by Crippen LogP contribution is 2.54. The van der Waals surface area contributed by atoms with Crippen LogP contribution in [0.25, 0.3) is 11.0 Å². The third-order valence-corrected chi connectivity index (χ3v) is 9.10. The summed E-state index contributed by atoms with van der Waals surface area (Å²) < 4.78 is 6.15. The zero-order valence-electron chi connectivity index (χ0n) is 21.4. The molecule has 3 heterocycles. The van der Waals surface area contributed by atoms with Gasteiger partial charge in [-0.25, -0.2) is 0 Å². The molecule has 37 heavy (non-hydrogen) atoms. The molecule has 192 valence electrons. The minimum absolute atomic E-state index is 0.0667. The van der Waals surface area contributed by atoms with Crippen LogP contribution >= 0.6 is 0 Å². The summed E-state index contributed by atoms with van der Waals surface area (Å²) in [5.74, 6) is 3.01. The number of likely N-dealkylation sites (tertiary alicyclic amines) is 2. The van der Waals surface area contributed by atoms with Crippen molar-refractivity contribution in [2.45, 2.75) is 45.6 Å². The van der Waals surface area contributed by atoms with Crippen molar-refractivity contribution in [1.29, 1.82) is 0 Å². The van der Waals surface area contributed by atoms with E-state index in [9.17, 15) is 9.59 Å². The Morgan fingerprint density at radius 3 is 2.14 bits per heavy atom. The van der Waals surface area contributed by atoms with Gasteiger partial charge in [0.05, 0.1) is 6.10 Å². The number of aromatic nitrogens is 3. The van der Waals surface area contributed by atoms with Crippen LogP contribution < -0.4 is 4.74 Å². The lowest BCUT2D eigenvalue weighted by Crippen LogP contribution is -2.44. The number of ether oxygens (including phenoxy) is 1. The van der Waals surface area contributed by atoms with Crippen LogP contribution in [0, 0.1) is 23.7 Å². The quantitative estimate of drug-likeness (QED) is 0.591. The van der Waals surface area contributed by atoms with Gasteiger partial charge in [-0.05, 0) is 105 Å². The molecule has 0 bridgehead atoms. The topological polar surface area (TPSA) is 91.4 Å². The number of hydrogen-bond donors (Lipinski definition) is 1. The molecule has 4 atom stereocenters. The molecule has 2 aliphatic heterocycles. The maximum Gasteiger partial charge on any atom is 0.254 e. The van der Waals surface area contributed by atoms with Gasteiger partial charge in [-0.15, -0.1) is 0 Å². The van der Waals surface area contributed by atoms with Gasteiger partial charge in [0.25, 0.3) is 11.8 Å². The van der Waals surface area contributed by atoms with E-state index in [1.807, 2.05) is 43.0 Å². The van der Waals surface area contributed by atoms with Crippen molar-refractivity contribution in [3.05, 3.63) is 52.6 Å². The van der Waals surface area contributed by atoms with E-state index in [2.05, 4.69) is 26.4 Å². The molecule has 0 radical (unpaired) electrons. The van der Waals surface area contributed by atoms with Gasteiger partial charge in [0.15, 0.2) is 0 Å². The van der Waals surface area contributed by atoms with Crippen molar-refractivity contribution in [2.75, 3.05) is 26.2 Å². The van der Waals surface area contributed by atoms with Gasteiger partial charge in [-0.3, -0.25) is 9.59 Å². The van der Waals surface area contributed by atoms with Gasteiger partial charge in [-0.2, -0.15) is 15.4 Å². The van der Waals surface area contributed by atoms with Crippen LogP contribution in [0.3, 0.4) is 0 Å². The fourth-order valence-electron chi connectivity index (χ4n) is 7.35. The summed E-state index contributed by atoms with van der Waals surface area (Å²) >= 11 is 0. The van der Waals surface area contributed by atoms with E-state index in [4.69, 9.17) is 4.74 Å². The second-order valence-electron chi connectivity index (χ2n) is 11.6. The van der Waals surface area contributed by atoms with Gasteiger partial charge in [0, 0.05) is 37.3 Å². The number of carbonyl (C=O) groups is 2. The van der Waals surface area contributed by atoms with Crippen molar-refractivity contribution in [2.24, 2.45) is 23.7 Å². The molecule has 8 nitrogen and oxygen atoms in total. The monoisotopic (exact) mass is 499 g/mol. The van der Waals surface area contributed by atoms with E-state index < -0.39 is 0 Å². The zero-order valence-corrected chi connectivity index (χ0v) is 21.4. The maximum atomic E-state index is 13.6. The highest BCUT2D eigenvalue weighted by Gasteiger charge is 2.59. The smallest absolute Gasteiger partial charge is 0.254 e. The third-order valence-electron chi connectivity index (χ3n) is 9.10. The molecule has 7 rings (SSSR count). The van der Waals surface area contributed by atoms with Crippen molar-refractivity contribution in [3.8, 4) is 5.75 Å². The third kappa shape index (κ3) is 3.71. The van der Waals surface area contributed by atoms with Gasteiger partial charge in [-0.1, -0.05) is 0 Å². The van der Waals surface area contributed by atoms with Crippen LogP contribution in [0.2, 0.25) is 0 Å². The molecule has 2 aliphatic carbocycles. The van der Waals surface area contributed by atoms with Crippen LogP contribution in [0.1, 0.15) is 58.5 Å². The van der Waals surface area contributed by atoms with E-state index in [0.29, 0.717) is 34.8 Å². The molecular weight excluding hydrogens is 466 g/mol. The highest BCUT2D eigenvalue weighted by molar-refractivity contribution is 5.97. The molecule has 4 aliphatic rings. The lowest BCUT2D eigenvalue weighted by Gasteiger charge is -2.42. The first-order valence-electron chi connectivity index (χ1n) is 13.7. The summed E-state index contributed by atoms with van der Waals surface area (Å²) in [5, 5.41) is 10.8. The molecule has 2 saturated heterocycles. The SMILES string of the molecule is CC(C)Oc1cc(C(=O)N2C[C@@H]3[C@H](C2)[C@H]2CN(C(=O)c4ccc5n[nH]nc5c4)C[C@@H]32)cc2c1CCCC2. The van der Waals surface area contributed by atoms with Gasteiger partial charge in [0.2, 0.25) is 0 Å².